The summed E-state index contributed by atoms with van der Waals surface area (Å²) in [5, 5.41) is 1.91. The Hall–Kier alpha value is -1.87. The molecule has 1 saturated heterocycles. The van der Waals surface area contributed by atoms with Gasteiger partial charge in [-0.05, 0) is 44.4 Å². The molecule has 1 unspecified atom stereocenters. The van der Waals surface area contributed by atoms with Gasteiger partial charge in [-0.3, -0.25) is 9.88 Å². The lowest BCUT2D eigenvalue weighted by atomic mass is 9.98. The Bertz CT molecular complexity index is 1060. The molecule has 1 aromatic carbocycles. The van der Waals surface area contributed by atoms with Crippen molar-refractivity contribution in [2.75, 3.05) is 19.6 Å². The molecule has 3 aromatic rings. The predicted octanol–water partition coefficient (Wildman–Crippen LogP) is 3.19. The molecule has 4 rings (SSSR count). The van der Waals surface area contributed by atoms with Gasteiger partial charge in [-0.25, -0.2) is 18.1 Å². The first-order valence-electron chi connectivity index (χ1n) is 9.48. The van der Waals surface area contributed by atoms with E-state index in [9.17, 15) is 8.42 Å². The SMILES string of the molecule is Cc1ncc(CN2CCCC(CNS(=O)(=O)c3cccc4cccnc34)C2)s1. The first kappa shape index (κ1) is 19.4. The summed E-state index contributed by atoms with van der Waals surface area (Å²) in [5.74, 6) is 0.306. The summed E-state index contributed by atoms with van der Waals surface area (Å²) in [6.07, 6.45) is 5.69. The lowest BCUT2D eigenvalue weighted by Gasteiger charge is -2.32. The molecule has 1 aliphatic heterocycles. The van der Waals surface area contributed by atoms with Crippen molar-refractivity contribution in [2.24, 2.45) is 5.92 Å². The second-order valence-electron chi connectivity index (χ2n) is 7.27. The standard InChI is InChI=1S/C20H24N4O2S2/c1-15-22-12-18(27-15)14-24-10-4-5-16(13-24)11-23-28(25,26)19-8-2-6-17-7-3-9-21-20(17)19/h2-3,6-9,12,16,23H,4-5,10-11,13-14H2,1H3. The molecule has 0 spiro atoms. The number of pyridine rings is 1. The third-order valence-corrected chi connectivity index (χ3v) is 7.45. The monoisotopic (exact) mass is 416 g/mol. The molecular formula is C20H24N4O2S2. The zero-order valence-corrected chi connectivity index (χ0v) is 17.5. The number of sulfonamides is 1. The van der Waals surface area contributed by atoms with Gasteiger partial charge >= 0.3 is 0 Å². The summed E-state index contributed by atoms with van der Waals surface area (Å²) in [7, 11) is -3.60. The molecule has 1 N–H and O–H groups in total. The second kappa shape index (κ2) is 8.24. The van der Waals surface area contributed by atoms with E-state index in [4.69, 9.17) is 0 Å². The van der Waals surface area contributed by atoms with Crippen molar-refractivity contribution >= 4 is 32.3 Å². The van der Waals surface area contributed by atoms with Crippen molar-refractivity contribution in [3.8, 4) is 0 Å². The van der Waals surface area contributed by atoms with Crippen LogP contribution < -0.4 is 4.72 Å². The highest BCUT2D eigenvalue weighted by atomic mass is 32.2. The highest BCUT2D eigenvalue weighted by Crippen LogP contribution is 2.23. The molecule has 6 nitrogen and oxygen atoms in total. The number of piperidine rings is 1. The smallest absolute Gasteiger partial charge is 0.242 e. The molecule has 0 aliphatic carbocycles. The van der Waals surface area contributed by atoms with Gasteiger partial charge in [0.05, 0.1) is 10.5 Å². The lowest BCUT2D eigenvalue weighted by Crippen LogP contribution is -2.40. The Morgan fingerprint density at radius 1 is 1.25 bits per heavy atom. The third-order valence-electron chi connectivity index (χ3n) is 5.10. The number of hydrogen-bond acceptors (Lipinski definition) is 6. The summed E-state index contributed by atoms with van der Waals surface area (Å²) in [6, 6.07) is 8.95. The summed E-state index contributed by atoms with van der Waals surface area (Å²) in [5.41, 5.74) is 0.517. The predicted molar refractivity (Wildman–Crippen MR) is 112 cm³/mol. The quantitative estimate of drug-likeness (QED) is 0.668. The van der Waals surface area contributed by atoms with Crippen molar-refractivity contribution in [3.63, 3.8) is 0 Å². The minimum Gasteiger partial charge on any atom is -0.298 e. The zero-order valence-electron chi connectivity index (χ0n) is 15.8. The number of aryl methyl sites for hydroxylation is 1. The Morgan fingerprint density at radius 2 is 2.11 bits per heavy atom. The summed E-state index contributed by atoms with van der Waals surface area (Å²) >= 11 is 1.73. The van der Waals surface area contributed by atoms with E-state index in [-0.39, 0.29) is 4.90 Å². The number of nitrogens with zero attached hydrogens (tertiary/aromatic N) is 3. The van der Waals surface area contributed by atoms with E-state index >= 15 is 0 Å². The molecule has 0 radical (unpaired) electrons. The van der Waals surface area contributed by atoms with Gasteiger partial charge in [0.25, 0.3) is 0 Å². The fourth-order valence-electron chi connectivity index (χ4n) is 3.76. The number of nitrogens with one attached hydrogen (secondary N) is 1. The van der Waals surface area contributed by atoms with Crippen molar-refractivity contribution in [1.82, 2.24) is 19.6 Å². The minimum absolute atomic E-state index is 0.249. The number of thiazole rings is 1. The fourth-order valence-corrected chi connectivity index (χ4v) is 5.89. The average Bonchev–Trinajstić information content (AvgIpc) is 3.11. The number of hydrogen-bond donors (Lipinski definition) is 1. The van der Waals surface area contributed by atoms with Gasteiger partial charge < -0.3 is 0 Å². The van der Waals surface area contributed by atoms with E-state index < -0.39 is 10.0 Å². The minimum atomic E-state index is -3.60. The van der Waals surface area contributed by atoms with E-state index in [1.54, 1.807) is 29.7 Å². The first-order chi connectivity index (χ1) is 13.5. The van der Waals surface area contributed by atoms with E-state index in [0.717, 1.165) is 42.9 Å². The Kier molecular flexibility index (Phi) is 5.73. The van der Waals surface area contributed by atoms with Crippen LogP contribution in [0.15, 0.2) is 47.6 Å². The summed E-state index contributed by atoms with van der Waals surface area (Å²) in [6.45, 7) is 5.30. The largest absolute Gasteiger partial charge is 0.298 e. The van der Waals surface area contributed by atoms with E-state index in [1.165, 1.54) is 4.88 Å². The molecule has 1 fully saturated rings. The van der Waals surface area contributed by atoms with Crippen LogP contribution in [0.5, 0.6) is 0 Å². The van der Waals surface area contributed by atoms with Gasteiger partial charge in [0, 0.05) is 42.3 Å². The van der Waals surface area contributed by atoms with Crippen LogP contribution in [0.1, 0.15) is 22.7 Å². The van der Waals surface area contributed by atoms with Crippen molar-refractivity contribution in [3.05, 3.63) is 52.6 Å². The van der Waals surface area contributed by atoms with E-state index in [0.29, 0.717) is 18.0 Å². The molecule has 28 heavy (non-hydrogen) atoms. The molecule has 2 aromatic heterocycles. The van der Waals surface area contributed by atoms with Crippen LogP contribution in [0.2, 0.25) is 0 Å². The zero-order chi connectivity index (χ0) is 19.6. The van der Waals surface area contributed by atoms with Crippen molar-refractivity contribution < 1.29 is 8.42 Å². The Morgan fingerprint density at radius 3 is 2.93 bits per heavy atom. The molecule has 8 heteroatoms. The van der Waals surface area contributed by atoms with Crippen LogP contribution in [0.4, 0.5) is 0 Å². The number of fused-ring (bicyclic) bond motifs is 1. The molecule has 148 valence electrons. The van der Waals surface area contributed by atoms with Gasteiger partial charge in [-0.1, -0.05) is 18.2 Å². The maximum atomic E-state index is 12.9. The van der Waals surface area contributed by atoms with Gasteiger partial charge in [-0.2, -0.15) is 0 Å². The number of para-hydroxylation sites is 1. The number of aromatic nitrogens is 2. The molecule has 1 atom stereocenters. The number of rotatable bonds is 6. The Labute approximate surface area is 169 Å². The van der Waals surface area contributed by atoms with Gasteiger partial charge in [0.1, 0.15) is 4.90 Å². The average molecular weight is 417 g/mol. The second-order valence-corrected chi connectivity index (χ2v) is 10.3. The highest BCUT2D eigenvalue weighted by Gasteiger charge is 2.24. The van der Waals surface area contributed by atoms with E-state index in [2.05, 4.69) is 19.6 Å². The normalized spacial score (nSPS) is 18.5. The van der Waals surface area contributed by atoms with Crippen LogP contribution >= 0.6 is 11.3 Å². The molecule has 3 heterocycles. The molecule has 1 aliphatic rings. The molecule has 0 bridgehead atoms. The van der Waals surface area contributed by atoms with Gasteiger partial charge in [-0.15, -0.1) is 11.3 Å². The van der Waals surface area contributed by atoms with Gasteiger partial charge in [0.15, 0.2) is 0 Å². The van der Waals surface area contributed by atoms with Crippen LogP contribution in [0, 0.1) is 12.8 Å². The van der Waals surface area contributed by atoms with Crippen LogP contribution in [-0.2, 0) is 16.6 Å². The number of benzene rings is 1. The lowest BCUT2D eigenvalue weighted by molar-refractivity contribution is 0.170. The van der Waals surface area contributed by atoms with Crippen LogP contribution in [0.25, 0.3) is 10.9 Å². The molecular weight excluding hydrogens is 392 g/mol. The number of likely N-dealkylation sites (tertiary alicyclic amines) is 1. The first-order valence-corrected chi connectivity index (χ1v) is 11.8. The maximum Gasteiger partial charge on any atom is 0.242 e. The summed E-state index contributed by atoms with van der Waals surface area (Å²) < 4.78 is 28.6. The van der Waals surface area contributed by atoms with Crippen LogP contribution in [0.3, 0.4) is 0 Å². The van der Waals surface area contributed by atoms with Crippen LogP contribution in [-0.4, -0.2) is 42.9 Å². The summed E-state index contributed by atoms with van der Waals surface area (Å²) in [4.78, 5) is 12.5. The van der Waals surface area contributed by atoms with Crippen molar-refractivity contribution in [2.45, 2.75) is 31.2 Å². The van der Waals surface area contributed by atoms with E-state index in [1.807, 2.05) is 31.3 Å². The Balaban J connectivity index is 1.41. The highest BCUT2D eigenvalue weighted by molar-refractivity contribution is 7.89. The van der Waals surface area contributed by atoms with Crippen molar-refractivity contribution in [1.29, 1.82) is 0 Å². The topological polar surface area (TPSA) is 75.2 Å². The fraction of sp³-hybridized carbons (Fsp3) is 0.400. The maximum absolute atomic E-state index is 12.9. The van der Waals surface area contributed by atoms with Gasteiger partial charge in [0.2, 0.25) is 10.0 Å². The molecule has 0 saturated carbocycles. The third kappa shape index (κ3) is 4.41. The molecule has 0 amide bonds.